The smallest absolute Gasteiger partial charge is 0.240 e. The van der Waals surface area contributed by atoms with Gasteiger partial charge in [-0.15, -0.1) is 23.4 Å². The Balaban J connectivity index is 1.72. The van der Waals surface area contributed by atoms with Gasteiger partial charge in [-0.05, 0) is 13.2 Å². The average Bonchev–Trinajstić information content (AvgIpc) is 3.09. The Morgan fingerprint density at radius 2 is 2.07 bits per heavy atom. The van der Waals surface area contributed by atoms with Crippen LogP contribution in [-0.4, -0.2) is 94.1 Å². The molecule has 3 aliphatic rings. The first-order valence-electron chi connectivity index (χ1n) is 9.03. The van der Waals surface area contributed by atoms with Gasteiger partial charge < -0.3 is 35.4 Å². The van der Waals surface area contributed by atoms with E-state index in [9.17, 15) is 20.1 Å². The SMILES string of the molecule is CSC1O[C@H]([C@H](NC(=O)[C@H]2NC[C@@H]3C=CCO[C@@H]23)[C@H](C)Cl)[C@@H](O)C(O)[C@H]1O. The Kier molecular flexibility index (Phi) is 7.07. The van der Waals surface area contributed by atoms with Gasteiger partial charge in [-0.3, -0.25) is 4.79 Å². The van der Waals surface area contributed by atoms with Crippen molar-refractivity contribution in [1.82, 2.24) is 10.6 Å². The molecule has 10 atom stereocenters. The first-order chi connectivity index (χ1) is 12.8. The Morgan fingerprint density at radius 1 is 1.33 bits per heavy atom. The molecule has 2 unspecified atom stereocenters. The van der Waals surface area contributed by atoms with Crippen LogP contribution in [0.4, 0.5) is 0 Å². The molecule has 3 rings (SSSR count). The topological polar surface area (TPSA) is 120 Å². The maximum absolute atomic E-state index is 12.9. The number of ether oxygens (including phenoxy) is 2. The molecule has 154 valence electrons. The van der Waals surface area contributed by atoms with Gasteiger partial charge in [-0.1, -0.05) is 12.2 Å². The number of thioether (sulfide) groups is 1. The van der Waals surface area contributed by atoms with E-state index in [-0.39, 0.29) is 17.9 Å². The standard InChI is InChI=1S/C17H27ClN2O6S/c1-7(18)9(15-12(22)11(21)13(23)17(26-15)27-2)20-16(24)10-14-8(6-19-10)4-3-5-25-14/h3-4,7-15,17,19,21-23H,5-6H2,1-2H3,(H,20,24)/t7-,8-,9+,10-,11?,12-,13+,14+,15+,17?/m0/s1. The first kappa shape index (κ1) is 21.3. The Labute approximate surface area is 167 Å². The Morgan fingerprint density at radius 3 is 2.74 bits per heavy atom. The van der Waals surface area contributed by atoms with Crippen molar-refractivity contribution in [2.45, 2.75) is 60.3 Å². The summed E-state index contributed by atoms with van der Waals surface area (Å²) in [6, 6.07) is -1.29. The molecule has 2 saturated heterocycles. The second-order valence-electron chi connectivity index (χ2n) is 7.16. The van der Waals surface area contributed by atoms with Crippen molar-refractivity contribution < 1.29 is 29.6 Å². The lowest BCUT2D eigenvalue weighted by Crippen LogP contribution is -2.65. The molecule has 3 heterocycles. The van der Waals surface area contributed by atoms with Gasteiger partial charge in [0.15, 0.2) is 0 Å². The number of nitrogens with one attached hydrogen (secondary N) is 2. The molecule has 0 radical (unpaired) electrons. The van der Waals surface area contributed by atoms with E-state index in [1.807, 2.05) is 12.2 Å². The van der Waals surface area contributed by atoms with Crippen LogP contribution in [0.2, 0.25) is 0 Å². The molecule has 0 aromatic heterocycles. The van der Waals surface area contributed by atoms with Crippen LogP contribution in [0.1, 0.15) is 6.92 Å². The summed E-state index contributed by atoms with van der Waals surface area (Å²) in [7, 11) is 0. The first-order valence-corrected chi connectivity index (χ1v) is 10.8. The Hall–Kier alpha value is -0.390. The molecule has 0 bridgehead atoms. The molecule has 0 aromatic carbocycles. The van der Waals surface area contributed by atoms with E-state index >= 15 is 0 Å². The van der Waals surface area contributed by atoms with E-state index in [0.717, 1.165) is 0 Å². The number of amides is 1. The lowest BCUT2D eigenvalue weighted by Gasteiger charge is -2.44. The number of aliphatic hydroxyl groups excluding tert-OH is 3. The summed E-state index contributed by atoms with van der Waals surface area (Å²) in [5.41, 5.74) is -0.732. The van der Waals surface area contributed by atoms with Crippen LogP contribution in [0.25, 0.3) is 0 Å². The minimum Gasteiger partial charge on any atom is -0.388 e. The molecule has 10 heteroatoms. The summed E-state index contributed by atoms with van der Waals surface area (Å²) in [6.45, 7) is 2.78. The maximum Gasteiger partial charge on any atom is 0.240 e. The zero-order chi connectivity index (χ0) is 19.7. The summed E-state index contributed by atoms with van der Waals surface area (Å²) in [5, 5.41) is 36.0. The molecule has 8 nitrogen and oxygen atoms in total. The van der Waals surface area contributed by atoms with Crippen LogP contribution in [0.15, 0.2) is 12.2 Å². The quantitative estimate of drug-likeness (QED) is 0.277. The molecule has 1 amide bonds. The average molecular weight is 423 g/mol. The van der Waals surface area contributed by atoms with Gasteiger partial charge in [0.2, 0.25) is 5.91 Å². The number of alkyl halides is 1. The van der Waals surface area contributed by atoms with Crippen LogP contribution >= 0.6 is 23.4 Å². The number of hydrogen-bond donors (Lipinski definition) is 5. The predicted molar refractivity (Wildman–Crippen MR) is 102 cm³/mol. The van der Waals surface area contributed by atoms with E-state index in [1.165, 1.54) is 11.8 Å². The maximum atomic E-state index is 12.9. The van der Waals surface area contributed by atoms with Crippen molar-refractivity contribution in [3.05, 3.63) is 12.2 Å². The monoisotopic (exact) mass is 422 g/mol. The Bertz CT molecular complexity index is 566. The van der Waals surface area contributed by atoms with Gasteiger partial charge in [0, 0.05) is 12.5 Å². The largest absolute Gasteiger partial charge is 0.388 e. The fraction of sp³-hybridized carbons (Fsp3) is 0.824. The van der Waals surface area contributed by atoms with Crippen LogP contribution in [-0.2, 0) is 14.3 Å². The molecular formula is C17H27ClN2O6S. The fourth-order valence-corrected chi connectivity index (χ4v) is 4.74. The van der Waals surface area contributed by atoms with Crippen LogP contribution in [0, 0.1) is 5.92 Å². The molecule has 0 spiro atoms. The third-order valence-corrected chi connectivity index (χ3v) is 6.50. The zero-order valence-electron chi connectivity index (χ0n) is 15.2. The molecule has 3 aliphatic heterocycles. The molecule has 0 aliphatic carbocycles. The summed E-state index contributed by atoms with van der Waals surface area (Å²) in [5.74, 6) is -0.164. The lowest BCUT2D eigenvalue weighted by molar-refractivity contribution is -0.205. The minimum atomic E-state index is -1.39. The number of fused-ring (bicyclic) bond motifs is 1. The van der Waals surface area contributed by atoms with Gasteiger partial charge in [-0.2, -0.15) is 0 Å². The lowest BCUT2D eigenvalue weighted by atomic mass is 9.92. The van der Waals surface area contributed by atoms with Gasteiger partial charge in [-0.25, -0.2) is 0 Å². The van der Waals surface area contributed by atoms with Crippen molar-refractivity contribution in [3.8, 4) is 0 Å². The zero-order valence-corrected chi connectivity index (χ0v) is 16.8. The van der Waals surface area contributed by atoms with Crippen molar-refractivity contribution in [2.75, 3.05) is 19.4 Å². The van der Waals surface area contributed by atoms with Gasteiger partial charge in [0.25, 0.3) is 0 Å². The molecular weight excluding hydrogens is 396 g/mol. The highest BCUT2D eigenvalue weighted by Crippen LogP contribution is 2.30. The van der Waals surface area contributed by atoms with Gasteiger partial charge >= 0.3 is 0 Å². The normalized spacial score (nSPS) is 43.8. The van der Waals surface area contributed by atoms with E-state index in [1.54, 1.807) is 13.2 Å². The number of carbonyl (C=O) groups excluding carboxylic acids is 1. The molecule has 5 N–H and O–H groups in total. The third-order valence-electron chi connectivity index (χ3n) is 5.37. The van der Waals surface area contributed by atoms with E-state index in [0.29, 0.717) is 13.2 Å². The van der Waals surface area contributed by atoms with Crippen molar-refractivity contribution in [2.24, 2.45) is 5.92 Å². The highest BCUT2D eigenvalue weighted by atomic mass is 35.5. The summed E-state index contributed by atoms with van der Waals surface area (Å²) >= 11 is 7.50. The second kappa shape index (κ2) is 8.96. The number of rotatable bonds is 5. The van der Waals surface area contributed by atoms with Crippen molar-refractivity contribution >= 4 is 29.3 Å². The molecule has 0 aromatic rings. The van der Waals surface area contributed by atoms with Gasteiger partial charge in [0.1, 0.15) is 35.9 Å². The minimum absolute atomic E-state index is 0.135. The highest BCUT2D eigenvalue weighted by molar-refractivity contribution is 7.99. The van der Waals surface area contributed by atoms with Crippen molar-refractivity contribution in [1.29, 1.82) is 0 Å². The summed E-state index contributed by atoms with van der Waals surface area (Å²) in [6.07, 6.45) is 0.493. The number of aliphatic hydroxyl groups is 3. The summed E-state index contributed by atoms with van der Waals surface area (Å²) < 4.78 is 11.5. The molecule has 2 fully saturated rings. The van der Waals surface area contributed by atoms with Crippen molar-refractivity contribution in [3.63, 3.8) is 0 Å². The van der Waals surface area contributed by atoms with Crippen LogP contribution in [0.3, 0.4) is 0 Å². The third kappa shape index (κ3) is 4.30. The van der Waals surface area contributed by atoms with Gasteiger partial charge in [0.05, 0.1) is 24.1 Å². The molecule has 27 heavy (non-hydrogen) atoms. The number of halogens is 1. The van der Waals surface area contributed by atoms with Crippen LogP contribution < -0.4 is 10.6 Å². The predicted octanol–water partition coefficient (Wildman–Crippen LogP) is -1.19. The number of carbonyl (C=O) groups is 1. The van der Waals surface area contributed by atoms with Crippen LogP contribution in [0.5, 0.6) is 0 Å². The second-order valence-corrected chi connectivity index (χ2v) is 8.79. The fourth-order valence-electron chi connectivity index (χ4n) is 3.86. The highest BCUT2D eigenvalue weighted by Gasteiger charge is 2.49. The van der Waals surface area contributed by atoms with E-state index < -0.39 is 47.3 Å². The van der Waals surface area contributed by atoms with E-state index in [4.69, 9.17) is 21.1 Å². The van der Waals surface area contributed by atoms with E-state index in [2.05, 4.69) is 10.6 Å². The summed E-state index contributed by atoms with van der Waals surface area (Å²) in [4.78, 5) is 12.9. The number of hydrogen-bond acceptors (Lipinski definition) is 8. The molecule has 0 saturated carbocycles.